The first-order valence-corrected chi connectivity index (χ1v) is 4.68. The minimum absolute atomic E-state index is 0.0997. The van der Waals surface area contributed by atoms with E-state index in [1.54, 1.807) is 6.07 Å². The Morgan fingerprint density at radius 3 is 2.71 bits per heavy atom. The standard InChI is InChI=1S/C9H6BrF2NO/c10-6-2-7(11)8(12)9-5(6)1-4(3-13)14-9/h1-2H,3,13H2. The van der Waals surface area contributed by atoms with Crippen molar-refractivity contribution < 1.29 is 13.2 Å². The fraction of sp³-hybridized carbons (Fsp3) is 0.111. The van der Waals surface area contributed by atoms with E-state index >= 15 is 0 Å². The summed E-state index contributed by atoms with van der Waals surface area (Å²) in [5.41, 5.74) is 5.23. The van der Waals surface area contributed by atoms with E-state index in [4.69, 9.17) is 10.2 Å². The summed E-state index contributed by atoms with van der Waals surface area (Å²) in [6.45, 7) is 0.155. The van der Waals surface area contributed by atoms with Crippen molar-refractivity contribution >= 4 is 26.9 Å². The molecule has 1 aromatic carbocycles. The second-order valence-electron chi connectivity index (χ2n) is 2.81. The van der Waals surface area contributed by atoms with Gasteiger partial charge < -0.3 is 10.2 Å². The van der Waals surface area contributed by atoms with Crippen LogP contribution in [0.5, 0.6) is 0 Å². The van der Waals surface area contributed by atoms with E-state index in [1.165, 1.54) is 0 Å². The number of halogens is 3. The van der Waals surface area contributed by atoms with Crippen molar-refractivity contribution in [2.45, 2.75) is 6.54 Å². The smallest absolute Gasteiger partial charge is 0.201 e. The summed E-state index contributed by atoms with van der Waals surface area (Å²) in [5, 5.41) is 0.490. The van der Waals surface area contributed by atoms with Crippen LogP contribution in [0.2, 0.25) is 0 Å². The summed E-state index contributed by atoms with van der Waals surface area (Å²) in [4.78, 5) is 0. The van der Waals surface area contributed by atoms with Gasteiger partial charge in [-0.25, -0.2) is 4.39 Å². The quantitative estimate of drug-likeness (QED) is 0.802. The largest absolute Gasteiger partial charge is 0.456 e. The van der Waals surface area contributed by atoms with Gasteiger partial charge in [-0.2, -0.15) is 4.39 Å². The Bertz CT molecular complexity index is 495. The summed E-state index contributed by atoms with van der Waals surface area (Å²) in [6, 6.07) is 2.65. The van der Waals surface area contributed by atoms with Crippen molar-refractivity contribution in [2.75, 3.05) is 0 Å². The highest BCUT2D eigenvalue weighted by Gasteiger charge is 2.15. The minimum Gasteiger partial charge on any atom is -0.456 e. The molecule has 0 fully saturated rings. The molecule has 0 aliphatic rings. The second kappa shape index (κ2) is 3.33. The van der Waals surface area contributed by atoms with E-state index in [9.17, 15) is 8.78 Å². The Balaban J connectivity index is 2.84. The van der Waals surface area contributed by atoms with E-state index in [1.807, 2.05) is 0 Å². The first kappa shape index (κ1) is 9.61. The SMILES string of the molecule is NCc1cc2c(Br)cc(F)c(F)c2o1. The number of furan rings is 1. The third-order valence-electron chi connectivity index (χ3n) is 1.90. The summed E-state index contributed by atoms with van der Waals surface area (Å²) >= 11 is 3.12. The number of hydrogen-bond donors (Lipinski definition) is 1. The van der Waals surface area contributed by atoms with Gasteiger partial charge in [-0.3, -0.25) is 0 Å². The van der Waals surface area contributed by atoms with Crippen molar-refractivity contribution in [3.8, 4) is 0 Å². The Kier molecular flexibility index (Phi) is 2.28. The van der Waals surface area contributed by atoms with Gasteiger partial charge in [0.2, 0.25) is 5.82 Å². The van der Waals surface area contributed by atoms with Gasteiger partial charge in [0.15, 0.2) is 11.4 Å². The number of benzene rings is 1. The number of rotatable bonds is 1. The van der Waals surface area contributed by atoms with E-state index in [0.717, 1.165) is 6.07 Å². The van der Waals surface area contributed by atoms with Crippen LogP contribution in [0.25, 0.3) is 11.0 Å². The molecular weight excluding hydrogens is 256 g/mol. The zero-order chi connectivity index (χ0) is 10.3. The molecule has 0 saturated carbocycles. The lowest BCUT2D eigenvalue weighted by atomic mass is 10.2. The zero-order valence-corrected chi connectivity index (χ0v) is 8.57. The van der Waals surface area contributed by atoms with E-state index < -0.39 is 11.6 Å². The molecule has 74 valence electrons. The van der Waals surface area contributed by atoms with E-state index in [2.05, 4.69) is 15.9 Å². The molecule has 0 spiro atoms. The van der Waals surface area contributed by atoms with Crippen molar-refractivity contribution in [1.29, 1.82) is 0 Å². The molecule has 0 bridgehead atoms. The van der Waals surface area contributed by atoms with Gasteiger partial charge in [0.1, 0.15) is 5.76 Å². The third kappa shape index (κ3) is 1.33. The summed E-state index contributed by atoms with van der Waals surface area (Å²) in [5.74, 6) is -1.50. The van der Waals surface area contributed by atoms with Crippen molar-refractivity contribution in [1.82, 2.24) is 0 Å². The lowest BCUT2D eigenvalue weighted by Gasteiger charge is -1.95. The fourth-order valence-corrected chi connectivity index (χ4v) is 1.74. The molecule has 0 saturated heterocycles. The molecule has 2 aromatic rings. The maximum absolute atomic E-state index is 13.2. The first-order valence-electron chi connectivity index (χ1n) is 3.89. The second-order valence-corrected chi connectivity index (χ2v) is 3.67. The van der Waals surface area contributed by atoms with Gasteiger partial charge in [-0.15, -0.1) is 0 Å². The van der Waals surface area contributed by atoms with Gasteiger partial charge in [0, 0.05) is 9.86 Å². The molecule has 1 aromatic heterocycles. The Hall–Kier alpha value is -0.940. The molecule has 14 heavy (non-hydrogen) atoms. The van der Waals surface area contributed by atoms with Gasteiger partial charge in [0.25, 0.3) is 0 Å². The molecule has 0 radical (unpaired) electrons. The molecule has 0 atom stereocenters. The maximum Gasteiger partial charge on any atom is 0.201 e. The van der Waals surface area contributed by atoms with E-state index in [-0.39, 0.29) is 12.1 Å². The molecule has 5 heteroatoms. The minimum atomic E-state index is -0.983. The normalized spacial score (nSPS) is 11.1. The Morgan fingerprint density at radius 1 is 1.36 bits per heavy atom. The maximum atomic E-state index is 13.2. The van der Waals surface area contributed by atoms with Crippen molar-refractivity contribution in [3.05, 3.63) is 34.0 Å². The van der Waals surface area contributed by atoms with Crippen LogP contribution in [0.3, 0.4) is 0 Å². The molecule has 0 aliphatic carbocycles. The van der Waals surface area contributed by atoms with Crippen LogP contribution in [-0.4, -0.2) is 0 Å². The Morgan fingerprint density at radius 2 is 2.07 bits per heavy atom. The number of hydrogen-bond acceptors (Lipinski definition) is 2. The average molecular weight is 262 g/mol. The Labute approximate surface area is 86.8 Å². The van der Waals surface area contributed by atoms with Crippen LogP contribution in [0.15, 0.2) is 21.0 Å². The van der Waals surface area contributed by atoms with Crippen LogP contribution in [0, 0.1) is 11.6 Å². The van der Waals surface area contributed by atoms with Crippen molar-refractivity contribution in [2.24, 2.45) is 5.73 Å². The fourth-order valence-electron chi connectivity index (χ4n) is 1.24. The number of fused-ring (bicyclic) bond motifs is 1. The predicted molar refractivity (Wildman–Crippen MR) is 51.7 cm³/mol. The van der Waals surface area contributed by atoms with Gasteiger partial charge in [-0.1, -0.05) is 0 Å². The van der Waals surface area contributed by atoms with Crippen LogP contribution < -0.4 is 5.73 Å². The highest BCUT2D eigenvalue weighted by Crippen LogP contribution is 2.30. The average Bonchev–Trinajstić information content (AvgIpc) is 2.58. The van der Waals surface area contributed by atoms with Gasteiger partial charge in [-0.05, 0) is 28.1 Å². The zero-order valence-electron chi connectivity index (χ0n) is 6.98. The van der Waals surface area contributed by atoms with Crippen LogP contribution in [-0.2, 0) is 6.54 Å². The summed E-state index contributed by atoms with van der Waals surface area (Å²) in [7, 11) is 0. The molecule has 2 nitrogen and oxygen atoms in total. The number of nitrogens with two attached hydrogens (primary N) is 1. The first-order chi connectivity index (χ1) is 6.63. The van der Waals surface area contributed by atoms with Crippen LogP contribution in [0.4, 0.5) is 8.78 Å². The third-order valence-corrected chi connectivity index (χ3v) is 2.56. The molecular formula is C9H6BrF2NO. The van der Waals surface area contributed by atoms with E-state index in [0.29, 0.717) is 15.6 Å². The predicted octanol–water partition coefficient (Wildman–Crippen LogP) is 2.93. The lowest BCUT2D eigenvalue weighted by molar-refractivity contribution is 0.479. The molecule has 2 N–H and O–H groups in total. The van der Waals surface area contributed by atoms with Crippen LogP contribution >= 0.6 is 15.9 Å². The molecule has 0 aliphatic heterocycles. The summed E-state index contributed by atoms with van der Waals surface area (Å²) in [6.07, 6.45) is 0. The molecule has 2 rings (SSSR count). The molecule has 0 amide bonds. The summed E-state index contributed by atoms with van der Waals surface area (Å²) < 4.78 is 31.6. The monoisotopic (exact) mass is 261 g/mol. The highest BCUT2D eigenvalue weighted by molar-refractivity contribution is 9.10. The van der Waals surface area contributed by atoms with Crippen molar-refractivity contribution in [3.63, 3.8) is 0 Å². The topological polar surface area (TPSA) is 39.2 Å². The van der Waals surface area contributed by atoms with Crippen LogP contribution in [0.1, 0.15) is 5.76 Å². The lowest BCUT2D eigenvalue weighted by Crippen LogP contribution is -1.92. The van der Waals surface area contributed by atoms with Gasteiger partial charge in [0.05, 0.1) is 6.54 Å². The highest BCUT2D eigenvalue weighted by atomic mass is 79.9. The molecule has 0 unspecified atom stereocenters. The molecule has 1 heterocycles. The van der Waals surface area contributed by atoms with Gasteiger partial charge >= 0.3 is 0 Å².